The second-order valence-electron chi connectivity index (χ2n) is 13.8. The predicted molar refractivity (Wildman–Crippen MR) is 210 cm³/mol. The molecule has 0 radical (unpaired) electrons. The highest BCUT2D eigenvalue weighted by Crippen LogP contribution is 2.15. The van der Waals surface area contributed by atoms with Crippen LogP contribution in [0.4, 0.5) is 0 Å². The molecule has 50 heavy (non-hydrogen) atoms. The lowest BCUT2D eigenvalue weighted by molar-refractivity contribution is -0.161. The Kier molecular flexibility index (Phi) is 37.4. The Labute approximate surface area is 307 Å². The number of aliphatic hydroxyl groups is 1. The van der Waals surface area contributed by atoms with Gasteiger partial charge in [-0.05, 0) is 44.6 Å². The molecular formula is C44H76O6. The number of esters is 2. The van der Waals surface area contributed by atoms with Crippen molar-refractivity contribution in [2.75, 3.05) is 13.2 Å². The maximum atomic E-state index is 12.2. The molecule has 1 atom stereocenters. The molecule has 0 spiro atoms. The van der Waals surface area contributed by atoms with Crippen LogP contribution < -0.4 is 0 Å². The van der Waals surface area contributed by atoms with E-state index in [0.717, 1.165) is 57.8 Å². The largest absolute Gasteiger partial charge is 0.462 e. The van der Waals surface area contributed by atoms with Gasteiger partial charge in [0, 0.05) is 19.3 Å². The molecule has 0 aliphatic heterocycles. The van der Waals surface area contributed by atoms with Gasteiger partial charge in [0.15, 0.2) is 11.9 Å². The van der Waals surface area contributed by atoms with Crippen molar-refractivity contribution >= 4 is 17.7 Å². The number of rotatable bonds is 37. The molecule has 6 nitrogen and oxygen atoms in total. The van der Waals surface area contributed by atoms with E-state index in [2.05, 4.69) is 38.2 Å². The minimum absolute atomic E-state index is 0.111. The Morgan fingerprint density at radius 1 is 0.520 bits per heavy atom. The smallest absolute Gasteiger partial charge is 0.306 e. The molecule has 0 aromatic heterocycles. The van der Waals surface area contributed by atoms with Gasteiger partial charge in [-0.3, -0.25) is 14.4 Å². The van der Waals surface area contributed by atoms with E-state index in [1.54, 1.807) is 6.08 Å². The van der Waals surface area contributed by atoms with E-state index in [9.17, 15) is 19.5 Å². The lowest BCUT2D eigenvalue weighted by atomic mass is 10.0. The Balaban J connectivity index is 3.66. The van der Waals surface area contributed by atoms with E-state index < -0.39 is 6.10 Å². The van der Waals surface area contributed by atoms with Crippen LogP contribution in [0.5, 0.6) is 0 Å². The van der Waals surface area contributed by atoms with Crippen LogP contribution in [0.25, 0.3) is 0 Å². The Hall–Kier alpha value is -2.47. The molecule has 1 N–H and O–H groups in total. The molecule has 0 aromatic carbocycles. The first-order valence-corrected chi connectivity index (χ1v) is 20.6. The number of carbonyl (C=O) groups is 3. The molecule has 6 heteroatoms. The molecule has 0 rings (SSSR count). The normalized spacial score (nSPS) is 12.5. The third-order valence-corrected chi connectivity index (χ3v) is 8.85. The van der Waals surface area contributed by atoms with Crippen LogP contribution in [-0.2, 0) is 23.9 Å². The maximum Gasteiger partial charge on any atom is 0.306 e. The first-order chi connectivity index (χ1) is 24.5. The van der Waals surface area contributed by atoms with Gasteiger partial charge >= 0.3 is 11.9 Å². The Morgan fingerprint density at radius 2 is 0.980 bits per heavy atom. The van der Waals surface area contributed by atoms with Crippen molar-refractivity contribution < 1.29 is 29.0 Å². The molecule has 0 aliphatic rings. The van der Waals surface area contributed by atoms with Crippen molar-refractivity contribution in [2.24, 2.45) is 0 Å². The number of aliphatic hydroxyl groups excluding tert-OH is 1. The molecule has 0 amide bonds. The van der Waals surface area contributed by atoms with E-state index in [-0.39, 0.29) is 37.4 Å². The molecule has 0 saturated heterocycles. The van der Waals surface area contributed by atoms with Crippen molar-refractivity contribution in [3.05, 3.63) is 48.6 Å². The quantitative estimate of drug-likeness (QED) is 0.0228. The van der Waals surface area contributed by atoms with Crippen LogP contribution in [0.1, 0.15) is 194 Å². The number of unbranched alkanes of at least 4 members (excludes halogenated alkanes) is 20. The van der Waals surface area contributed by atoms with Crippen LogP contribution in [0, 0.1) is 0 Å². The highest BCUT2D eigenvalue weighted by atomic mass is 16.6. The first kappa shape index (κ1) is 47.5. The summed E-state index contributed by atoms with van der Waals surface area (Å²) in [6.07, 6.45) is 45.9. The van der Waals surface area contributed by atoms with E-state index in [1.807, 2.05) is 18.2 Å². The van der Waals surface area contributed by atoms with E-state index in [1.165, 1.54) is 96.3 Å². The van der Waals surface area contributed by atoms with Gasteiger partial charge in [-0.2, -0.15) is 0 Å². The number of hydrogen-bond acceptors (Lipinski definition) is 6. The van der Waals surface area contributed by atoms with Crippen LogP contribution in [-0.4, -0.2) is 42.1 Å². The zero-order valence-electron chi connectivity index (χ0n) is 32.4. The fourth-order valence-corrected chi connectivity index (χ4v) is 5.68. The molecule has 0 fully saturated rings. The monoisotopic (exact) mass is 701 g/mol. The van der Waals surface area contributed by atoms with Crippen LogP contribution in [0.2, 0.25) is 0 Å². The average Bonchev–Trinajstić information content (AvgIpc) is 3.11. The number of ether oxygens (including phenoxy) is 2. The average molecular weight is 701 g/mol. The third-order valence-electron chi connectivity index (χ3n) is 8.85. The fourth-order valence-electron chi connectivity index (χ4n) is 5.68. The molecule has 0 unspecified atom stereocenters. The third kappa shape index (κ3) is 36.8. The van der Waals surface area contributed by atoms with Crippen molar-refractivity contribution in [1.29, 1.82) is 0 Å². The van der Waals surface area contributed by atoms with Crippen LogP contribution in [0.3, 0.4) is 0 Å². The highest BCUT2D eigenvalue weighted by Gasteiger charge is 2.16. The summed E-state index contributed by atoms with van der Waals surface area (Å²) in [4.78, 5) is 35.9. The minimum atomic E-state index is -0.808. The minimum Gasteiger partial charge on any atom is -0.462 e. The summed E-state index contributed by atoms with van der Waals surface area (Å²) in [5.41, 5.74) is 0. The molecule has 0 heterocycles. The van der Waals surface area contributed by atoms with Crippen LogP contribution >= 0.6 is 0 Å². The standard InChI is InChI=1S/C44H76O6/c1-3-5-7-8-9-10-11-12-13-14-15-16-17-20-24-27-30-34-38-44(48)50-42(39-45)40-49-43(47)37-33-29-26-23-21-18-19-22-25-28-32-36-41(46)35-31-6-4-2/h18-19,23,25-26,28,32,36,42,45H,3-17,20-22,24,27,29-31,33-35,37-40H2,1-2H3/b19-18-,26-23-,28-25-,36-32+/t42-/m0/s1. The van der Waals surface area contributed by atoms with Crippen molar-refractivity contribution in [2.45, 2.75) is 200 Å². The zero-order chi connectivity index (χ0) is 36.6. The number of ketones is 1. The Bertz CT molecular complexity index is 902. The summed E-state index contributed by atoms with van der Waals surface area (Å²) in [7, 11) is 0. The molecule has 288 valence electrons. The molecular weight excluding hydrogens is 624 g/mol. The molecule has 0 bridgehead atoms. The lowest BCUT2D eigenvalue weighted by Gasteiger charge is -2.15. The second-order valence-corrected chi connectivity index (χ2v) is 13.8. The first-order valence-electron chi connectivity index (χ1n) is 20.6. The van der Waals surface area contributed by atoms with Crippen molar-refractivity contribution in [1.82, 2.24) is 0 Å². The summed E-state index contributed by atoms with van der Waals surface area (Å²) in [6, 6.07) is 0. The van der Waals surface area contributed by atoms with E-state index >= 15 is 0 Å². The summed E-state index contributed by atoms with van der Waals surface area (Å²) >= 11 is 0. The summed E-state index contributed by atoms with van der Waals surface area (Å²) in [5.74, 6) is -0.499. The van der Waals surface area contributed by atoms with Gasteiger partial charge in [0.1, 0.15) is 6.61 Å². The van der Waals surface area contributed by atoms with Crippen molar-refractivity contribution in [3.8, 4) is 0 Å². The van der Waals surface area contributed by atoms with Gasteiger partial charge in [0.2, 0.25) is 0 Å². The Morgan fingerprint density at radius 3 is 1.54 bits per heavy atom. The summed E-state index contributed by atoms with van der Waals surface area (Å²) < 4.78 is 10.6. The van der Waals surface area contributed by atoms with Gasteiger partial charge in [-0.25, -0.2) is 0 Å². The molecule has 0 aromatic rings. The predicted octanol–water partition coefficient (Wildman–Crippen LogP) is 12.2. The zero-order valence-corrected chi connectivity index (χ0v) is 32.4. The van der Waals surface area contributed by atoms with E-state index in [4.69, 9.17) is 9.47 Å². The van der Waals surface area contributed by atoms with Gasteiger partial charge in [0.05, 0.1) is 6.61 Å². The lowest BCUT2D eigenvalue weighted by Crippen LogP contribution is -2.28. The number of allylic oxidation sites excluding steroid dienone is 8. The van der Waals surface area contributed by atoms with Gasteiger partial charge in [-0.1, -0.05) is 178 Å². The second kappa shape index (κ2) is 39.3. The van der Waals surface area contributed by atoms with Gasteiger partial charge in [0.25, 0.3) is 0 Å². The highest BCUT2D eigenvalue weighted by molar-refractivity contribution is 5.89. The molecule has 0 aliphatic carbocycles. The number of carbonyl (C=O) groups excluding carboxylic acids is 3. The fraction of sp³-hybridized carbons (Fsp3) is 0.750. The van der Waals surface area contributed by atoms with Gasteiger partial charge in [-0.15, -0.1) is 0 Å². The SMILES string of the molecule is CCCCCCCCCCCCCCCCCCCCC(=O)O[C@@H](CO)COC(=O)CCC/C=C\C/C=C\C/C=C\C=C\C(=O)CCCCC. The molecule has 0 saturated carbocycles. The summed E-state index contributed by atoms with van der Waals surface area (Å²) in [6.45, 7) is 3.93. The maximum absolute atomic E-state index is 12.2. The van der Waals surface area contributed by atoms with Crippen molar-refractivity contribution in [3.63, 3.8) is 0 Å². The topological polar surface area (TPSA) is 89.9 Å². The van der Waals surface area contributed by atoms with Crippen LogP contribution in [0.15, 0.2) is 48.6 Å². The van der Waals surface area contributed by atoms with Gasteiger partial charge < -0.3 is 14.6 Å². The number of hydrogen-bond donors (Lipinski definition) is 1. The summed E-state index contributed by atoms with van der Waals surface area (Å²) in [5, 5.41) is 9.56. The van der Waals surface area contributed by atoms with E-state index in [0.29, 0.717) is 19.3 Å².